The van der Waals surface area contributed by atoms with E-state index in [2.05, 4.69) is 27.9 Å². The molecule has 0 amide bonds. The molecule has 0 aliphatic rings. The van der Waals surface area contributed by atoms with Gasteiger partial charge in [-0.25, -0.2) is 9.31 Å². The van der Waals surface area contributed by atoms with E-state index in [0.717, 1.165) is 21.4 Å². The minimum atomic E-state index is -1.15. The van der Waals surface area contributed by atoms with E-state index in [1.807, 2.05) is 19.1 Å². The van der Waals surface area contributed by atoms with Gasteiger partial charge in [0.05, 0.1) is 11.3 Å². The molecule has 148 valence electrons. The van der Waals surface area contributed by atoms with Gasteiger partial charge in [-0.15, -0.1) is 10.2 Å². The first kappa shape index (κ1) is 19.4. The van der Waals surface area contributed by atoms with Crippen LogP contribution in [0.2, 0.25) is 5.02 Å². The molecule has 8 nitrogen and oxygen atoms in total. The lowest BCUT2D eigenvalue weighted by Gasteiger charge is -2.13. The van der Waals surface area contributed by atoms with Gasteiger partial charge < -0.3 is 5.11 Å². The quantitative estimate of drug-likeness (QED) is 0.473. The molecule has 29 heavy (non-hydrogen) atoms. The second kappa shape index (κ2) is 7.49. The number of pyridine rings is 1. The maximum absolute atomic E-state index is 12.9. The van der Waals surface area contributed by atoms with Gasteiger partial charge in [-0.05, 0) is 30.2 Å². The topological polar surface area (TPSA) is 102 Å². The van der Waals surface area contributed by atoms with Crippen LogP contribution in [-0.2, 0) is 11.2 Å². The lowest BCUT2D eigenvalue weighted by atomic mass is 10.0. The molecular formula is C19H16ClN5O3S. The summed E-state index contributed by atoms with van der Waals surface area (Å²) in [7, 11) is 0. The van der Waals surface area contributed by atoms with Crippen molar-refractivity contribution >= 4 is 46.9 Å². The second-order valence-corrected chi connectivity index (χ2v) is 7.22. The van der Waals surface area contributed by atoms with Crippen LogP contribution in [0, 0.1) is 0 Å². The van der Waals surface area contributed by atoms with Crippen molar-refractivity contribution in [1.82, 2.24) is 24.4 Å². The number of aliphatic carboxylic acids is 1. The summed E-state index contributed by atoms with van der Waals surface area (Å²) in [5.74, 6) is -1.17. The van der Waals surface area contributed by atoms with Gasteiger partial charge in [-0.2, -0.15) is 17.7 Å². The number of hydrogen-bond donors (Lipinski definition) is 2. The molecule has 3 heterocycles. The third-order valence-corrected chi connectivity index (χ3v) is 5.34. The zero-order chi connectivity index (χ0) is 20.7. The summed E-state index contributed by atoms with van der Waals surface area (Å²) in [6.45, 7) is 1.98. The molecule has 4 aromatic rings. The predicted octanol–water partition coefficient (Wildman–Crippen LogP) is 2.88. The highest BCUT2D eigenvalue weighted by Crippen LogP contribution is 2.29. The van der Waals surface area contributed by atoms with Gasteiger partial charge in [0.1, 0.15) is 11.6 Å². The van der Waals surface area contributed by atoms with Crippen molar-refractivity contribution in [3.63, 3.8) is 0 Å². The summed E-state index contributed by atoms with van der Waals surface area (Å²) in [4.78, 5) is 24.3. The van der Waals surface area contributed by atoms with E-state index < -0.39 is 17.6 Å². The van der Waals surface area contributed by atoms with E-state index in [0.29, 0.717) is 22.6 Å². The van der Waals surface area contributed by atoms with Crippen molar-refractivity contribution in [1.29, 1.82) is 0 Å². The molecule has 10 heteroatoms. The molecule has 4 rings (SSSR count). The van der Waals surface area contributed by atoms with Crippen LogP contribution in [0.1, 0.15) is 18.7 Å². The number of carboxylic acid groups (broad SMARTS) is 1. The second-order valence-electron chi connectivity index (χ2n) is 6.42. The zero-order valence-corrected chi connectivity index (χ0v) is 16.9. The van der Waals surface area contributed by atoms with Gasteiger partial charge in [0.15, 0.2) is 11.2 Å². The Balaban J connectivity index is 2.00. The lowest BCUT2D eigenvalue weighted by molar-refractivity contribution is -0.140. The van der Waals surface area contributed by atoms with E-state index in [1.54, 1.807) is 22.7 Å². The Morgan fingerprint density at radius 3 is 2.59 bits per heavy atom. The minimum absolute atomic E-state index is 0.0289. The summed E-state index contributed by atoms with van der Waals surface area (Å²) in [6, 6.07) is 7.86. The normalized spacial score (nSPS) is 12.5. The van der Waals surface area contributed by atoms with Crippen molar-refractivity contribution in [2.75, 3.05) is 5.75 Å². The number of thiol groups is 1. The van der Waals surface area contributed by atoms with Crippen LogP contribution in [-0.4, -0.2) is 41.2 Å². The maximum Gasteiger partial charge on any atom is 0.327 e. The SMILES string of the molecule is CCc1nn2c(nnc3c(=O)n([C@@H](CS)C(=O)O)ccc32)c1-c1ccc(Cl)cc1. The number of halogens is 1. The first-order valence-corrected chi connectivity index (χ1v) is 9.86. The van der Waals surface area contributed by atoms with E-state index in [9.17, 15) is 14.7 Å². The van der Waals surface area contributed by atoms with E-state index >= 15 is 0 Å². The van der Waals surface area contributed by atoms with Crippen molar-refractivity contribution in [3.8, 4) is 11.1 Å². The molecular weight excluding hydrogens is 414 g/mol. The van der Waals surface area contributed by atoms with Crippen LogP contribution in [0.4, 0.5) is 0 Å². The van der Waals surface area contributed by atoms with Crippen molar-refractivity contribution in [2.24, 2.45) is 0 Å². The van der Waals surface area contributed by atoms with Gasteiger partial charge in [-0.1, -0.05) is 30.7 Å². The molecule has 1 aromatic carbocycles. The molecule has 1 atom stereocenters. The Labute approximate surface area is 175 Å². The highest BCUT2D eigenvalue weighted by atomic mass is 35.5. The fourth-order valence-corrected chi connectivity index (χ4v) is 3.75. The van der Waals surface area contributed by atoms with Crippen LogP contribution in [0.5, 0.6) is 0 Å². The smallest absolute Gasteiger partial charge is 0.327 e. The number of carboxylic acids is 1. The van der Waals surface area contributed by atoms with Crippen molar-refractivity contribution in [3.05, 3.63) is 57.6 Å². The maximum atomic E-state index is 12.9. The molecule has 0 spiro atoms. The Kier molecular flexibility index (Phi) is 5.01. The average molecular weight is 430 g/mol. The summed E-state index contributed by atoms with van der Waals surface area (Å²) in [5.41, 5.74) is 2.97. The summed E-state index contributed by atoms with van der Waals surface area (Å²) in [6.07, 6.45) is 2.08. The molecule has 3 aromatic heterocycles. The number of benzene rings is 1. The van der Waals surface area contributed by atoms with Gasteiger partial charge in [-0.3, -0.25) is 9.36 Å². The largest absolute Gasteiger partial charge is 0.480 e. The average Bonchev–Trinajstić information content (AvgIpc) is 3.09. The monoisotopic (exact) mass is 429 g/mol. The number of aromatic nitrogens is 5. The van der Waals surface area contributed by atoms with Gasteiger partial charge in [0.25, 0.3) is 5.56 Å². The molecule has 0 radical (unpaired) electrons. The number of carbonyl (C=O) groups is 1. The van der Waals surface area contributed by atoms with Crippen LogP contribution in [0.3, 0.4) is 0 Å². The fraction of sp³-hybridized carbons (Fsp3) is 0.211. The predicted molar refractivity (Wildman–Crippen MR) is 113 cm³/mol. The lowest BCUT2D eigenvalue weighted by Crippen LogP contribution is -2.31. The highest BCUT2D eigenvalue weighted by Gasteiger charge is 2.23. The summed E-state index contributed by atoms with van der Waals surface area (Å²) < 4.78 is 2.68. The highest BCUT2D eigenvalue weighted by molar-refractivity contribution is 7.80. The first-order chi connectivity index (χ1) is 14.0. The molecule has 0 saturated carbocycles. The summed E-state index contributed by atoms with van der Waals surface area (Å²) in [5, 5.41) is 22.9. The Bertz CT molecular complexity index is 1300. The number of rotatable bonds is 5. The van der Waals surface area contributed by atoms with Crippen LogP contribution in [0.25, 0.3) is 27.8 Å². The minimum Gasteiger partial charge on any atom is -0.480 e. The Hall–Kier alpha value is -2.91. The molecule has 0 bridgehead atoms. The standard InChI is InChI=1S/C19H16ClN5O3S/c1-2-12-15(10-3-5-11(20)6-4-10)17-22-21-16-13(25(17)23-12)7-8-24(18(16)26)14(9-29)19(27)28/h3-8,14,29H,2,9H2,1H3,(H,27,28)/t14-/m0/s1. The van der Waals surface area contributed by atoms with Gasteiger partial charge >= 0.3 is 5.97 Å². The van der Waals surface area contributed by atoms with E-state index in [-0.39, 0.29) is 11.3 Å². The number of aryl methyl sites for hydroxylation is 1. The third-order valence-electron chi connectivity index (χ3n) is 4.74. The number of hydrogen-bond acceptors (Lipinski definition) is 6. The number of nitrogens with zero attached hydrogens (tertiary/aromatic N) is 5. The van der Waals surface area contributed by atoms with Crippen molar-refractivity contribution < 1.29 is 9.90 Å². The molecule has 0 aliphatic carbocycles. The number of fused-ring (bicyclic) bond motifs is 3. The third kappa shape index (κ3) is 3.16. The van der Waals surface area contributed by atoms with E-state index in [1.165, 1.54) is 6.20 Å². The van der Waals surface area contributed by atoms with Crippen molar-refractivity contribution in [2.45, 2.75) is 19.4 Å². The molecule has 0 unspecified atom stereocenters. The van der Waals surface area contributed by atoms with Crippen LogP contribution >= 0.6 is 24.2 Å². The first-order valence-electron chi connectivity index (χ1n) is 8.85. The Morgan fingerprint density at radius 2 is 1.97 bits per heavy atom. The van der Waals surface area contributed by atoms with Gasteiger partial charge in [0, 0.05) is 17.0 Å². The molecule has 0 aliphatic heterocycles. The van der Waals surface area contributed by atoms with Crippen LogP contribution in [0.15, 0.2) is 41.3 Å². The summed E-state index contributed by atoms with van der Waals surface area (Å²) >= 11 is 10.0. The molecule has 1 N–H and O–H groups in total. The van der Waals surface area contributed by atoms with E-state index in [4.69, 9.17) is 11.6 Å². The zero-order valence-electron chi connectivity index (χ0n) is 15.3. The fourth-order valence-electron chi connectivity index (χ4n) is 3.30. The van der Waals surface area contributed by atoms with Crippen LogP contribution < -0.4 is 5.56 Å². The Morgan fingerprint density at radius 1 is 1.24 bits per heavy atom. The molecule has 0 fully saturated rings. The van der Waals surface area contributed by atoms with Gasteiger partial charge in [0.2, 0.25) is 0 Å². The molecule has 0 saturated heterocycles.